The van der Waals surface area contributed by atoms with Gasteiger partial charge in [-0.25, -0.2) is 0 Å². The highest BCUT2D eigenvalue weighted by molar-refractivity contribution is 5.80. The van der Waals surface area contributed by atoms with Crippen LogP contribution in [-0.2, 0) is 9.53 Å². The minimum Gasteiger partial charge on any atom is -0.486 e. The fourth-order valence-corrected chi connectivity index (χ4v) is 3.86. The molecule has 0 N–H and O–H groups in total. The smallest absolute Gasteiger partial charge is 0.262 e. The summed E-state index contributed by atoms with van der Waals surface area (Å²) < 4.78 is 17.0. The van der Waals surface area contributed by atoms with Gasteiger partial charge in [-0.2, -0.15) is 4.98 Å². The van der Waals surface area contributed by atoms with Gasteiger partial charge in [0.1, 0.15) is 11.9 Å². The molecule has 0 bridgehead atoms. The average Bonchev–Trinajstić information content (AvgIpc) is 3.27. The summed E-state index contributed by atoms with van der Waals surface area (Å²) in [4.78, 5) is 19.0. The van der Waals surface area contributed by atoms with E-state index in [0.717, 1.165) is 24.0 Å². The Balaban J connectivity index is 1.25. The summed E-state index contributed by atoms with van der Waals surface area (Å²) in [6, 6.07) is 17.3. The molecule has 0 spiro atoms. The summed E-state index contributed by atoms with van der Waals surface area (Å²) in [5, 5.41) is 4.10. The first-order chi connectivity index (χ1) is 14.8. The highest BCUT2D eigenvalue weighted by atomic mass is 16.5. The molecule has 3 aromatic rings. The summed E-state index contributed by atoms with van der Waals surface area (Å²) in [5.41, 5.74) is 1.65. The minimum atomic E-state index is -0.0357. The van der Waals surface area contributed by atoms with Crippen molar-refractivity contribution in [2.45, 2.75) is 18.9 Å². The number of carbonyl (C=O) groups excluding carboxylic acids is 1. The minimum absolute atomic E-state index is 0.0357. The Morgan fingerprint density at radius 1 is 1.00 bits per heavy atom. The zero-order valence-electron chi connectivity index (χ0n) is 16.6. The molecule has 30 heavy (non-hydrogen) atoms. The van der Waals surface area contributed by atoms with Crippen LogP contribution in [0.15, 0.2) is 59.1 Å². The Kier molecular flexibility index (Phi) is 5.19. The number of hydrogen-bond donors (Lipinski definition) is 0. The van der Waals surface area contributed by atoms with Crippen molar-refractivity contribution in [3.63, 3.8) is 0 Å². The van der Waals surface area contributed by atoms with Gasteiger partial charge < -0.3 is 18.9 Å². The predicted octanol–water partition coefficient (Wildman–Crippen LogP) is 3.42. The second-order valence-corrected chi connectivity index (χ2v) is 7.66. The number of rotatable bonds is 5. The summed E-state index contributed by atoms with van der Waals surface area (Å²) in [6.07, 6.45) is 1.58. The number of likely N-dealkylation sites (tertiary alicyclic amines) is 1. The van der Waals surface area contributed by atoms with Crippen LogP contribution in [0.2, 0.25) is 0 Å². The molecule has 0 atom stereocenters. The number of ether oxygens (including phenoxy) is 2. The average molecular weight is 405 g/mol. The van der Waals surface area contributed by atoms with E-state index in [9.17, 15) is 4.79 Å². The van der Waals surface area contributed by atoms with Gasteiger partial charge in [-0.05, 0) is 25.0 Å². The number of para-hydroxylation sites is 1. The Morgan fingerprint density at radius 3 is 2.53 bits per heavy atom. The van der Waals surface area contributed by atoms with Gasteiger partial charge in [0.2, 0.25) is 11.7 Å². The van der Waals surface area contributed by atoms with Crippen molar-refractivity contribution in [2.24, 2.45) is 5.92 Å². The summed E-state index contributed by atoms with van der Waals surface area (Å²) in [6.45, 7) is 2.55. The highest BCUT2D eigenvalue weighted by Crippen LogP contribution is 2.32. The summed E-state index contributed by atoms with van der Waals surface area (Å²) in [5.74, 6) is 1.94. The van der Waals surface area contributed by atoms with Crippen LogP contribution >= 0.6 is 0 Å². The number of hydrogen-bond acceptors (Lipinski definition) is 6. The number of nitrogens with zero attached hydrogens (tertiary/aromatic N) is 3. The van der Waals surface area contributed by atoms with Gasteiger partial charge >= 0.3 is 0 Å². The van der Waals surface area contributed by atoms with Crippen LogP contribution in [0.3, 0.4) is 0 Å². The molecular formula is C23H23N3O4. The molecule has 7 heteroatoms. The van der Waals surface area contributed by atoms with E-state index < -0.39 is 0 Å². The third-order valence-electron chi connectivity index (χ3n) is 5.60. The van der Waals surface area contributed by atoms with E-state index in [2.05, 4.69) is 10.1 Å². The Morgan fingerprint density at radius 2 is 1.73 bits per heavy atom. The maximum atomic E-state index is 12.6. The van der Waals surface area contributed by atoms with Gasteiger partial charge in [0, 0.05) is 24.7 Å². The van der Waals surface area contributed by atoms with Gasteiger partial charge in [-0.1, -0.05) is 47.6 Å². The van der Waals surface area contributed by atoms with Crippen LogP contribution in [0.4, 0.5) is 0 Å². The van der Waals surface area contributed by atoms with Crippen LogP contribution in [0.25, 0.3) is 22.8 Å². The molecule has 2 saturated heterocycles. The molecule has 2 aliphatic rings. The van der Waals surface area contributed by atoms with Crippen molar-refractivity contribution < 1.29 is 18.8 Å². The first-order valence-corrected chi connectivity index (χ1v) is 10.3. The number of carbonyl (C=O) groups is 1. The zero-order chi connectivity index (χ0) is 20.3. The molecule has 2 fully saturated rings. The number of amides is 1. The largest absolute Gasteiger partial charge is 0.486 e. The van der Waals surface area contributed by atoms with Crippen LogP contribution in [0.1, 0.15) is 12.8 Å². The van der Waals surface area contributed by atoms with E-state index in [1.807, 2.05) is 59.5 Å². The molecule has 1 amide bonds. The first kappa shape index (κ1) is 18.8. The molecule has 2 aromatic carbocycles. The third-order valence-corrected chi connectivity index (χ3v) is 5.60. The van der Waals surface area contributed by atoms with Gasteiger partial charge in [-0.15, -0.1) is 0 Å². The van der Waals surface area contributed by atoms with Crippen LogP contribution < -0.4 is 4.74 Å². The molecule has 0 unspecified atom stereocenters. The third kappa shape index (κ3) is 3.80. The van der Waals surface area contributed by atoms with Crippen molar-refractivity contribution in [2.75, 3.05) is 26.3 Å². The fourth-order valence-electron chi connectivity index (χ4n) is 3.86. The van der Waals surface area contributed by atoms with Crippen molar-refractivity contribution in [3.8, 4) is 28.6 Å². The van der Waals surface area contributed by atoms with Crippen molar-refractivity contribution in [1.29, 1.82) is 0 Å². The van der Waals surface area contributed by atoms with Crippen molar-refractivity contribution in [1.82, 2.24) is 15.0 Å². The van der Waals surface area contributed by atoms with Crippen LogP contribution in [-0.4, -0.2) is 53.4 Å². The van der Waals surface area contributed by atoms with E-state index in [4.69, 9.17) is 14.0 Å². The first-order valence-electron chi connectivity index (χ1n) is 10.3. The van der Waals surface area contributed by atoms with E-state index in [1.165, 1.54) is 0 Å². The number of aromatic nitrogens is 2. The molecule has 3 heterocycles. The summed E-state index contributed by atoms with van der Waals surface area (Å²) in [7, 11) is 0. The molecule has 0 saturated carbocycles. The zero-order valence-corrected chi connectivity index (χ0v) is 16.6. The molecule has 7 nitrogen and oxygen atoms in total. The normalized spacial score (nSPS) is 17.5. The van der Waals surface area contributed by atoms with Crippen LogP contribution in [0.5, 0.6) is 5.75 Å². The highest BCUT2D eigenvalue weighted by Gasteiger charge is 2.36. The molecule has 2 aliphatic heterocycles. The number of benzene rings is 2. The van der Waals surface area contributed by atoms with Gasteiger partial charge in [0.05, 0.1) is 18.7 Å². The monoisotopic (exact) mass is 405 g/mol. The SMILES string of the molecule is O=C(C1CCOCC1)N1CC(Oc2ccccc2-c2nc(-c3ccccc3)no2)C1. The lowest BCUT2D eigenvalue weighted by Gasteiger charge is -2.41. The predicted molar refractivity (Wildman–Crippen MR) is 110 cm³/mol. The Labute approximate surface area is 174 Å². The lowest BCUT2D eigenvalue weighted by atomic mass is 9.96. The lowest BCUT2D eigenvalue weighted by Crippen LogP contribution is -2.58. The maximum Gasteiger partial charge on any atom is 0.262 e. The van der Waals surface area contributed by atoms with Crippen LogP contribution in [0, 0.1) is 5.92 Å². The topological polar surface area (TPSA) is 77.7 Å². The second-order valence-electron chi connectivity index (χ2n) is 7.66. The van der Waals surface area contributed by atoms with E-state index in [1.54, 1.807) is 0 Å². The maximum absolute atomic E-state index is 12.6. The molecule has 0 radical (unpaired) electrons. The van der Waals surface area contributed by atoms with E-state index in [0.29, 0.717) is 43.8 Å². The molecule has 5 rings (SSSR count). The van der Waals surface area contributed by atoms with Crippen molar-refractivity contribution >= 4 is 5.91 Å². The van der Waals surface area contributed by atoms with Crippen molar-refractivity contribution in [3.05, 3.63) is 54.6 Å². The standard InChI is InChI=1S/C23H23N3O4/c27-23(17-10-12-28-13-11-17)26-14-18(15-26)29-20-9-5-4-8-19(20)22-24-21(25-30-22)16-6-2-1-3-7-16/h1-9,17-18H,10-15H2. The summed E-state index contributed by atoms with van der Waals surface area (Å²) >= 11 is 0. The molecule has 0 aliphatic carbocycles. The van der Waals surface area contributed by atoms with Gasteiger partial charge in [-0.3, -0.25) is 4.79 Å². The molecular weight excluding hydrogens is 382 g/mol. The van der Waals surface area contributed by atoms with Gasteiger partial charge in [0.15, 0.2) is 0 Å². The van der Waals surface area contributed by atoms with E-state index in [-0.39, 0.29) is 17.9 Å². The molecule has 1 aromatic heterocycles. The van der Waals surface area contributed by atoms with E-state index >= 15 is 0 Å². The Hall–Kier alpha value is -3.19. The molecule has 154 valence electrons. The van der Waals surface area contributed by atoms with Gasteiger partial charge in [0.25, 0.3) is 5.89 Å². The second kappa shape index (κ2) is 8.28. The lowest BCUT2D eigenvalue weighted by molar-refractivity contribution is -0.147. The Bertz CT molecular complexity index is 1010. The fraction of sp³-hybridized carbons (Fsp3) is 0.348. The quantitative estimate of drug-likeness (QED) is 0.647.